The molecule has 2 rings (SSSR count). The first-order chi connectivity index (χ1) is 7.58. The van der Waals surface area contributed by atoms with Crippen LogP contribution in [-0.4, -0.2) is 22.4 Å². The Hall–Kier alpha value is -0.900. The van der Waals surface area contributed by atoms with Crippen LogP contribution >= 0.6 is 0 Å². The van der Waals surface area contributed by atoms with E-state index in [-0.39, 0.29) is 0 Å². The number of halogens is 1. The third-order valence-electron chi connectivity index (χ3n) is 3.35. The Balaban J connectivity index is 2.01. The average Bonchev–Trinajstić information content (AvgIpc) is 2.66. The van der Waals surface area contributed by atoms with Crippen LogP contribution in [0.4, 0.5) is 4.39 Å². The van der Waals surface area contributed by atoms with Crippen LogP contribution in [0.2, 0.25) is 0 Å². The van der Waals surface area contributed by atoms with Crippen LogP contribution in [0.3, 0.4) is 0 Å². The van der Waals surface area contributed by atoms with E-state index in [9.17, 15) is 4.39 Å². The zero-order valence-electron chi connectivity index (χ0n) is 10.0. The van der Waals surface area contributed by atoms with Crippen LogP contribution in [0.15, 0.2) is 12.4 Å². The van der Waals surface area contributed by atoms with Crippen molar-refractivity contribution >= 4 is 0 Å². The number of aromatic nitrogens is 2. The molecule has 4 heteroatoms. The quantitative estimate of drug-likeness (QED) is 0.854. The lowest BCUT2D eigenvalue weighted by atomic mass is 9.89. The molecule has 1 aliphatic rings. The molecule has 2 heterocycles. The molecule has 0 spiro atoms. The van der Waals surface area contributed by atoms with Crippen molar-refractivity contribution in [1.29, 1.82) is 0 Å². The zero-order valence-corrected chi connectivity index (χ0v) is 10.0. The summed E-state index contributed by atoms with van der Waals surface area (Å²) in [5.74, 6) is 0. The second kappa shape index (κ2) is 4.53. The molecular weight excluding hydrogens is 205 g/mol. The van der Waals surface area contributed by atoms with Gasteiger partial charge in [0.2, 0.25) is 0 Å². The molecule has 1 aromatic rings. The highest BCUT2D eigenvalue weighted by atomic mass is 19.1. The van der Waals surface area contributed by atoms with E-state index in [2.05, 4.69) is 10.4 Å². The predicted octanol–water partition coefficient (Wildman–Crippen LogP) is 2.14. The van der Waals surface area contributed by atoms with E-state index in [4.69, 9.17) is 0 Å². The lowest BCUT2D eigenvalue weighted by molar-refractivity contribution is 0.146. The molecule has 90 valence electrons. The number of alkyl halides is 1. The molecule has 16 heavy (non-hydrogen) atoms. The lowest BCUT2D eigenvalue weighted by Crippen LogP contribution is -2.38. The molecule has 0 amide bonds. The number of rotatable bonds is 3. The zero-order chi connectivity index (χ0) is 11.6. The van der Waals surface area contributed by atoms with Gasteiger partial charge in [-0.1, -0.05) is 6.42 Å². The minimum Gasteiger partial charge on any atom is -0.314 e. The number of aryl methyl sites for hydroxylation is 1. The fourth-order valence-electron chi connectivity index (χ4n) is 2.37. The van der Waals surface area contributed by atoms with Gasteiger partial charge in [-0.2, -0.15) is 5.10 Å². The summed E-state index contributed by atoms with van der Waals surface area (Å²) in [6, 6.07) is 0.309. The Morgan fingerprint density at radius 3 is 3.00 bits per heavy atom. The van der Waals surface area contributed by atoms with Crippen LogP contribution < -0.4 is 5.32 Å². The van der Waals surface area contributed by atoms with Crippen molar-refractivity contribution in [2.24, 2.45) is 7.05 Å². The molecular formula is C12H20FN3. The van der Waals surface area contributed by atoms with Crippen molar-refractivity contribution in [2.45, 2.75) is 44.3 Å². The van der Waals surface area contributed by atoms with Crippen molar-refractivity contribution in [3.63, 3.8) is 0 Å². The summed E-state index contributed by atoms with van der Waals surface area (Å²) >= 11 is 0. The van der Waals surface area contributed by atoms with Crippen LogP contribution in [0.5, 0.6) is 0 Å². The van der Waals surface area contributed by atoms with Crippen molar-refractivity contribution in [3.8, 4) is 0 Å². The molecule has 0 saturated carbocycles. The number of nitrogens with one attached hydrogen (secondary N) is 1. The van der Waals surface area contributed by atoms with E-state index in [0.717, 1.165) is 13.0 Å². The highest BCUT2D eigenvalue weighted by Gasteiger charge is 2.31. The van der Waals surface area contributed by atoms with Gasteiger partial charge in [-0.15, -0.1) is 0 Å². The van der Waals surface area contributed by atoms with E-state index < -0.39 is 5.67 Å². The SMILES string of the molecule is Cn1cc(C(C)(F)CC2CCCCN2)cn1. The summed E-state index contributed by atoms with van der Waals surface area (Å²) < 4.78 is 16.2. The Morgan fingerprint density at radius 1 is 1.62 bits per heavy atom. The summed E-state index contributed by atoms with van der Waals surface area (Å²) in [5.41, 5.74) is -0.592. The fourth-order valence-corrected chi connectivity index (χ4v) is 2.37. The van der Waals surface area contributed by atoms with Gasteiger partial charge in [0.05, 0.1) is 6.20 Å². The highest BCUT2D eigenvalue weighted by Crippen LogP contribution is 2.31. The summed E-state index contributed by atoms with van der Waals surface area (Å²) in [4.78, 5) is 0. The summed E-state index contributed by atoms with van der Waals surface area (Å²) in [6.45, 7) is 2.67. The monoisotopic (exact) mass is 225 g/mol. The molecule has 1 saturated heterocycles. The topological polar surface area (TPSA) is 29.9 Å². The second-order valence-electron chi connectivity index (χ2n) is 4.95. The smallest absolute Gasteiger partial charge is 0.137 e. The van der Waals surface area contributed by atoms with Gasteiger partial charge in [0.15, 0.2) is 0 Å². The molecule has 0 aliphatic carbocycles. The Bertz CT molecular complexity index is 340. The Labute approximate surface area is 96.0 Å². The van der Waals surface area contributed by atoms with Gasteiger partial charge in [0, 0.05) is 31.3 Å². The lowest BCUT2D eigenvalue weighted by Gasteiger charge is -2.29. The maximum atomic E-state index is 14.5. The molecule has 2 atom stereocenters. The Kier molecular flexibility index (Phi) is 3.28. The van der Waals surface area contributed by atoms with Crippen molar-refractivity contribution < 1.29 is 4.39 Å². The normalized spacial score (nSPS) is 25.3. The minimum atomic E-state index is -1.27. The van der Waals surface area contributed by atoms with Gasteiger partial charge in [0.1, 0.15) is 5.67 Å². The van der Waals surface area contributed by atoms with Crippen LogP contribution in [-0.2, 0) is 12.7 Å². The van der Waals surface area contributed by atoms with Crippen LogP contribution in [0.1, 0.15) is 38.2 Å². The van der Waals surface area contributed by atoms with Gasteiger partial charge in [-0.05, 0) is 26.3 Å². The van der Waals surface area contributed by atoms with Gasteiger partial charge < -0.3 is 5.32 Å². The standard InChI is InChI=1S/C12H20FN3/c1-12(13,10-8-15-16(2)9-10)7-11-5-3-4-6-14-11/h8-9,11,14H,3-7H2,1-2H3. The van der Waals surface area contributed by atoms with E-state index in [1.165, 1.54) is 12.8 Å². The largest absolute Gasteiger partial charge is 0.314 e. The second-order valence-corrected chi connectivity index (χ2v) is 4.95. The summed E-state index contributed by atoms with van der Waals surface area (Å²) in [5, 5.41) is 7.42. The first-order valence-electron chi connectivity index (χ1n) is 5.99. The molecule has 0 radical (unpaired) electrons. The third-order valence-corrected chi connectivity index (χ3v) is 3.35. The summed E-state index contributed by atoms with van der Waals surface area (Å²) in [6.07, 6.45) is 7.44. The van der Waals surface area contributed by atoms with Crippen LogP contribution in [0, 0.1) is 0 Å². The Morgan fingerprint density at radius 2 is 2.44 bits per heavy atom. The van der Waals surface area contributed by atoms with Crippen molar-refractivity contribution in [2.75, 3.05) is 6.54 Å². The summed E-state index contributed by atoms with van der Waals surface area (Å²) in [7, 11) is 1.82. The number of nitrogens with zero attached hydrogens (tertiary/aromatic N) is 2. The maximum absolute atomic E-state index is 14.5. The molecule has 1 N–H and O–H groups in total. The van der Waals surface area contributed by atoms with E-state index in [1.807, 2.05) is 7.05 Å². The first kappa shape index (κ1) is 11.6. The van der Waals surface area contributed by atoms with Gasteiger partial charge in [-0.3, -0.25) is 4.68 Å². The van der Waals surface area contributed by atoms with Crippen LogP contribution in [0.25, 0.3) is 0 Å². The molecule has 1 fully saturated rings. The van der Waals surface area contributed by atoms with E-state index >= 15 is 0 Å². The average molecular weight is 225 g/mol. The molecule has 0 aromatic carbocycles. The molecule has 3 nitrogen and oxygen atoms in total. The molecule has 1 aliphatic heterocycles. The number of piperidine rings is 1. The van der Waals surface area contributed by atoms with E-state index in [1.54, 1.807) is 24.0 Å². The van der Waals surface area contributed by atoms with Crippen molar-refractivity contribution in [3.05, 3.63) is 18.0 Å². The maximum Gasteiger partial charge on any atom is 0.137 e. The molecule has 1 aromatic heterocycles. The van der Waals surface area contributed by atoms with Gasteiger partial charge >= 0.3 is 0 Å². The minimum absolute atomic E-state index is 0.309. The highest BCUT2D eigenvalue weighted by molar-refractivity contribution is 5.14. The number of hydrogen-bond acceptors (Lipinski definition) is 2. The van der Waals surface area contributed by atoms with Gasteiger partial charge in [-0.25, -0.2) is 4.39 Å². The third kappa shape index (κ3) is 2.61. The predicted molar refractivity (Wildman–Crippen MR) is 61.9 cm³/mol. The first-order valence-corrected chi connectivity index (χ1v) is 5.99. The fraction of sp³-hybridized carbons (Fsp3) is 0.750. The number of hydrogen-bond donors (Lipinski definition) is 1. The van der Waals surface area contributed by atoms with Gasteiger partial charge in [0.25, 0.3) is 0 Å². The van der Waals surface area contributed by atoms with Crippen molar-refractivity contribution in [1.82, 2.24) is 15.1 Å². The molecule has 2 unspecified atom stereocenters. The molecule has 0 bridgehead atoms. The van der Waals surface area contributed by atoms with E-state index in [0.29, 0.717) is 18.0 Å².